The molecule has 0 aliphatic heterocycles. The van der Waals surface area contributed by atoms with Crippen LogP contribution in [-0.2, 0) is 26.3 Å². The van der Waals surface area contributed by atoms with Crippen LogP contribution in [0, 0.1) is 0 Å². The summed E-state index contributed by atoms with van der Waals surface area (Å²) in [6.45, 7) is 0.791. The van der Waals surface area contributed by atoms with Crippen molar-refractivity contribution in [3.63, 3.8) is 0 Å². The van der Waals surface area contributed by atoms with Gasteiger partial charge in [-0.15, -0.1) is 0 Å². The Morgan fingerprint density at radius 2 is 1.83 bits per heavy atom. The second kappa shape index (κ2) is 7.12. The quantitative estimate of drug-likeness (QED) is 0.663. The van der Waals surface area contributed by atoms with Gasteiger partial charge in [-0.1, -0.05) is 12.1 Å². The van der Waals surface area contributed by atoms with E-state index in [9.17, 15) is 13.2 Å². The largest absolute Gasteiger partial charge is 0.416 e. The van der Waals surface area contributed by atoms with Gasteiger partial charge in [0.25, 0.3) is 0 Å². The first-order valence-corrected chi connectivity index (χ1v) is 6.83. The van der Waals surface area contributed by atoms with Crippen LogP contribution in [0.5, 0.6) is 0 Å². The Hall–Kier alpha value is -2.58. The first-order chi connectivity index (χ1) is 10.9. The van der Waals surface area contributed by atoms with Crippen LogP contribution in [0.4, 0.5) is 13.2 Å². The van der Waals surface area contributed by atoms with E-state index in [1.165, 1.54) is 18.5 Å². The number of guanidine groups is 1. The van der Waals surface area contributed by atoms with E-state index in [1.54, 1.807) is 18.8 Å². The Morgan fingerprint density at radius 1 is 1.17 bits per heavy atom. The second-order valence-electron chi connectivity index (χ2n) is 4.77. The van der Waals surface area contributed by atoms with Gasteiger partial charge in [-0.3, -0.25) is 9.67 Å². The molecule has 2 aromatic rings. The maximum atomic E-state index is 12.5. The number of halogens is 3. The topological polar surface area (TPSA) is 67.1 Å². The number of alkyl halides is 3. The Morgan fingerprint density at radius 3 is 2.35 bits per heavy atom. The first kappa shape index (κ1) is 16.8. The van der Waals surface area contributed by atoms with Crippen molar-refractivity contribution in [3.8, 4) is 0 Å². The smallest absolute Gasteiger partial charge is 0.352 e. The summed E-state index contributed by atoms with van der Waals surface area (Å²) in [4.78, 5) is 8.12. The lowest BCUT2D eigenvalue weighted by Gasteiger charge is -2.12. The highest BCUT2D eigenvalue weighted by Gasteiger charge is 2.29. The molecule has 0 saturated heterocycles. The molecule has 1 aromatic heterocycles. The van der Waals surface area contributed by atoms with Crippen LogP contribution >= 0.6 is 0 Å². The van der Waals surface area contributed by atoms with Gasteiger partial charge in [-0.25, -0.2) is 4.98 Å². The summed E-state index contributed by atoms with van der Waals surface area (Å²) in [5.74, 6) is 1.26. The molecule has 0 radical (unpaired) electrons. The van der Waals surface area contributed by atoms with Gasteiger partial charge in [0.15, 0.2) is 5.96 Å². The van der Waals surface area contributed by atoms with Crippen LogP contribution in [-0.4, -0.2) is 27.8 Å². The molecule has 0 aliphatic rings. The lowest BCUT2D eigenvalue weighted by molar-refractivity contribution is -0.137. The molecule has 0 spiro atoms. The molecule has 124 valence electrons. The number of aromatic nitrogens is 3. The second-order valence-corrected chi connectivity index (χ2v) is 4.77. The average molecular weight is 326 g/mol. The molecular formula is C14H17F3N6. The molecule has 6 nitrogen and oxygen atoms in total. The fourth-order valence-electron chi connectivity index (χ4n) is 1.86. The number of hydrogen-bond acceptors (Lipinski definition) is 3. The predicted molar refractivity (Wildman–Crippen MR) is 79.5 cm³/mol. The van der Waals surface area contributed by atoms with Gasteiger partial charge in [-0.2, -0.15) is 18.3 Å². The van der Waals surface area contributed by atoms with E-state index in [1.807, 2.05) is 0 Å². The van der Waals surface area contributed by atoms with Gasteiger partial charge < -0.3 is 10.6 Å². The fourth-order valence-corrected chi connectivity index (χ4v) is 1.86. The highest BCUT2D eigenvalue weighted by molar-refractivity contribution is 5.79. The number of nitrogens with one attached hydrogen (secondary N) is 2. The summed E-state index contributed by atoms with van der Waals surface area (Å²) < 4.78 is 39.1. The van der Waals surface area contributed by atoms with Crippen molar-refractivity contribution in [1.82, 2.24) is 25.4 Å². The number of aryl methyl sites for hydroxylation is 1. The van der Waals surface area contributed by atoms with E-state index < -0.39 is 11.7 Å². The Kier molecular flexibility index (Phi) is 5.20. The standard InChI is InChI=1S/C14H17F3N6/c1-18-13(20-8-12-21-9-22-23(12)2)19-7-10-3-5-11(6-4-10)14(15,16)17/h3-6,9H,7-8H2,1-2H3,(H2,18,19,20). The van der Waals surface area contributed by atoms with E-state index in [4.69, 9.17) is 0 Å². The van der Waals surface area contributed by atoms with Crippen LogP contribution in [0.2, 0.25) is 0 Å². The van der Waals surface area contributed by atoms with Crippen molar-refractivity contribution >= 4 is 5.96 Å². The van der Waals surface area contributed by atoms with E-state index in [2.05, 4.69) is 25.7 Å². The number of aliphatic imine (C=N–C) groups is 1. The Bertz CT molecular complexity index is 660. The highest BCUT2D eigenvalue weighted by Crippen LogP contribution is 2.28. The van der Waals surface area contributed by atoms with Gasteiger partial charge >= 0.3 is 6.18 Å². The highest BCUT2D eigenvalue weighted by atomic mass is 19.4. The monoisotopic (exact) mass is 326 g/mol. The maximum absolute atomic E-state index is 12.5. The fraction of sp³-hybridized carbons (Fsp3) is 0.357. The van der Waals surface area contributed by atoms with Gasteiger partial charge in [0.1, 0.15) is 12.2 Å². The van der Waals surface area contributed by atoms with Crippen molar-refractivity contribution in [2.75, 3.05) is 7.05 Å². The van der Waals surface area contributed by atoms with Crippen LogP contribution in [0.25, 0.3) is 0 Å². The number of benzene rings is 1. The minimum absolute atomic E-state index is 0.358. The predicted octanol–water partition coefficient (Wildman–Crippen LogP) is 1.70. The normalized spacial score (nSPS) is 12.3. The summed E-state index contributed by atoms with van der Waals surface area (Å²) in [6.07, 6.45) is -2.87. The molecule has 0 fully saturated rings. The van der Waals surface area contributed by atoms with Crippen molar-refractivity contribution in [2.24, 2.45) is 12.0 Å². The number of rotatable bonds is 4. The SMILES string of the molecule is CN=C(NCc1ccc(C(F)(F)F)cc1)NCc1ncnn1C. The molecule has 0 aliphatic carbocycles. The van der Waals surface area contributed by atoms with Crippen LogP contribution in [0.15, 0.2) is 35.6 Å². The zero-order chi connectivity index (χ0) is 16.9. The third kappa shape index (κ3) is 4.70. The zero-order valence-corrected chi connectivity index (χ0v) is 12.7. The molecule has 1 heterocycles. The van der Waals surface area contributed by atoms with E-state index in [-0.39, 0.29) is 0 Å². The average Bonchev–Trinajstić information content (AvgIpc) is 2.92. The number of nitrogens with zero attached hydrogens (tertiary/aromatic N) is 4. The minimum atomic E-state index is -4.32. The van der Waals surface area contributed by atoms with Crippen LogP contribution < -0.4 is 10.6 Å². The third-order valence-corrected chi connectivity index (χ3v) is 3.18. The van der Waals surface area contributed by atoms with Gasteiger partial charge in [0, 0.05) is 20.6 Å². The summed E-state index contributed by atoms with van der Waals surface area (Å²) in [5.41, 5.74) is 0.0608. The summed E-state index contributed by atoms with van der Waals surface area (Å²) >= 11 is 0. The molecule has 2 rings (SSSR count). The van der Waals surface area contributed by atoms with Gasteiger partial charge in [-0.05, 0) is 17.7 Å². The molecule has 2 N–H and O–H groups in total. The molecule has 0 unspecified atom stereocenters. The van der Waals surface area contributed by atoms with Crippen molar-refractivity contribution < 1.29 is 13.2 Å². The first-order valence-electron chi connectivity index (χ1n) is 6.83. The lowest BCUT2D eigenvalue weighted by atomic mass is 10.1. The van der Waals surface area contributed by atoms with E-state index in [0.29, 0.717) is 19.0 Å². The summed E-state index contributed by atoms with van der Waals surface area (Å²) in [7, 11) is 3.39. The third-order valence-electron chi connectivity index (χ3n) is 3.18. The van der Waals surface area contributed by atoms with E-state index in [0.717, 1.165) is 23.5 Å². The molecule has 9 heteroatoms. The van der Waals surface area contributed by atoms with Crippen molar-refractivity contribution in [1.29, 1.82) is 0 Å². The summed E-state index contributed by atoms with van der Waals surface area (Å²) in [6, 6.07) is 5.00. The molecule has 0 atom stereocenters. The Balaban J connectivity index is 1.87. The van der Waals surface area contributed by atoms with Crippen molar-refractivity contribution in [2.45, 2.75) is 19.3 Å². The molecule has 0 saturated carbocycles. The van der Waals surface area contributed by atoms with Gasteiger partial charge in [0.05, 0.1) is 12.1 Å². The van der Waals surface area contributed by atoms with E-state index >= 15 is 0 Å². The molecule has 0 bridgehead atoms. The van der Waals surface area contributed by atoms with Crippen LogP contribution in [0.3, 0.4) is 0 Å². The zero-order valence-electron chi connectivity index (χ0n) is 12.7. The molecule has 1 aromatic carbocycles. The number of hydrogen-bond donors (Lipinski definition) is 2. The lowest BCUT2D eigenvalue weighted by Crippen LogP contribution is -2.36. The minimum Gasteiger partial charge on any atom is -0.352 e. The molecule has 23 heavy (non-hydrogen) atoms. The Labute approximate surface area is 131 Å². The van der Waals surface area contributed by atoms with Gasteiger partial charge in [0.2, 0.25) is 0 Å². The van der Waals surface area contributed by atoms with Crippen LogP contribution in [0.1, 0.15) is 17.0 Å². The molecular weight excluding hydrogens is 309 g/mol. The summed E-state index contributed by atoms with van der Waals surface area (Å²) in [5, 5.41) is 10.0. The van der Waals surface area contributed by atoms with Crippen molar-refractivity contribution in [3.05, 3.63) is 47.5 Å². The maximum Gasteiger partial charge on any atom is 0.416 e. The molecule has 0 amide bonds.